The van der Waals surface area contributed by atoms with Gasteiger partial charge in [0.05, 0.1) is 5.02 Å². The maximum atomic E-state index is 12.9. The minimum absolute atomic E-state index is 0.126. The Morgan fingerprint density at radius 1 is 1.18 bits per heavy atom. The number of rotatable bonds is 4. The number of carbonyl (C=O) groups excluding carboxylic acids is 2. The van der Waals surface area contributed by atoms with Crippen LogP contribution in [-0.4, -0.2) is 23.5 Å². The van der Waals surface area contributed by atoms with Crippen LogP contribution in [0.1, 0.15) is 29.0 Å². The SMILES string of the molecule is Cc1onc(-c2ccccc2Cl)c1C(=O)Nc1ccc(N2CCCC2=O)cc1. The molecule has 4 rings (SSSR count). The van der Waals surface area contributed by atoms with E-state index < -0.39 is 0 Å². The van der Waals surface area contributed by atoms with Crippen LogP contribution in [0.2, 0.25) is 5.02 Å². The molecule has 1 aliphatic rings. The molecule has 142 valence electrons. The molecule has 2 aromatic carbocycles. The standard InChI is InChI=1S/C21H18ClN3O3/c1-13-19(20(24-28-13)16-5-2-3-6-17(16)22)21(27)23-14-8-10-15(11-9-14)25-12-4-7-18(25)26/h2-3,5-6,8-11H,4,7,12H2,1H3,(H,23,27). The van der Waals surface area contributed by atoms with Gasteiger partial charge in [-0.2, -0.15) is 0 Å². The molecule has 1 saturated heterocycles. The summed E-state index contributed by atoms with van der Waals surface area (Å²) in [6, 6.07) is 14.4. The number of nitrogens with one attached hydrogen (secondary N) is 1. The summed E-state index contributed by atoms with van der Waals surface area (Å²) in [5.74, 6) is 0.201. The van der Waals surface area contributed by atoms with Crippen LogP contribution in [0.15, 0.2) is 53.1 Å². The van der Waals surface area contributed by atoms with Gasteiger partial charge in [-0.1, -0.05) is 35.0 Å². The lowest BCUT2D eigenvalue weighted by atomic mass is 10.1. The molecule has 28 heavy (non-hydrogen) atoms. The van der Waals surface area contributed by atoms with Gasteiger partial charge in [-0.15, -0.1) is 0 Å². The Bertz CT molecular complexity index is 1040. The van der Waals surface area contributed by atoms with E-state index in [0.29, 0.717) is 39.7 Å². The fourth-order valence-electron chi connectivity index (χ4n) is 3.32. The molecular weight excluding hydrogens is 378 g/mol. The van der Waals surface area contributed by atoms with Crippen LogP contribution in [0.4, 0.5) is 11.4 Å². The molecule has 2 heterocycles. The first-order valence-electron chi connectivity index (χ1n) is 8.97. The van der Waals surface area contributed by atoms with E-state index in [4.69, 9.17) is 16.1 Å². The zero-order chi connectivity index (χ0) is 19.7. The van der Waals surface area contributed by atoms with Gasteiger partial charge in [0.25, 0.3) is 5.91 Å². The van der Waals surface area contributed by atoms with Gasteiger partial charge in [-0.25, -0.2) is 0 Å². The summed E-state index contributed by atoms with van der Waals surface area (Å²) >= 11 is 6.25. The van der Waals surface area contributed by atoms with E-state index in [0.717, 1.165) is 18.7 Å². The van der Waals surface area contributed by atoms with Crippen molar-refractivity contribution >= 4 is 34.8 Å². The average Bonchev–Trinajstić information content (AvgIpc) is 3.28. The van der Waals surface area contributed by atoms with E-state index in [1.807, 2.05) is 24.3 Å². The van der Waals surface area contributed by atoms with Crippen LogP contribution in [0.25, 0.3) is 11.3 Å². The molecule has 0 unspecified atom stereocenters. The Morgan fingerprint density at radius 3 is 2.61 bits per heavy atom. The van der Waals surface area contributed by atoms with E-state index >= 15 is 0 Å². The van der Waals surface area contributed by atoms with Gasteiger partial charge in [0.15, 0.2) is 0 Å². The first kappa shape index (κ1) is 18.3. The summed E-state index contributed by atoms with van der Waals surface area (Å²) in [6.07, 6.45) is 1.45. The molecule has 1 aromatic heterocycles. The number of carbonyl (C=O) groups is 2. The third-order valence-corrected chi connectivity index (χ3v) is 5.06. The number of benzene rings is 2. The molecule has 0 aliphatic carbocycles. The Hall–Kier alpha value is -3.12. The number of nitrogens with zero attached hydrogens (tertiary/aromatic N) is 2. The van der Waals surface area contributed by atoms with Crippen molar-refractivity contribution in [2.24, 2.45) is 0 Å². The largest absolute Gasteiger partial charge is 0.360 e. The number of hydrogen-bond donors (Lipinski definition) is 1. The summed E-state index contributed by atoms with van der Waals surface area (Å²) in [7, 11) is 0. The lowest BCUT2D eigenvalue weighted by Crippen LogP contribution is -2.23. The third kappa shape index (κ3) is 3.39. The highest BCUT2D eigenvalue weighted by Gasteiger charge is 2.24. The zero-order valence-electron chi connectivity index (χ0n) is 15.2. The molecular formula is C21H18ClN3O3. The molecule has 1 aliphatic heterocycles. The Morgan fingerprint density at radius 2 is 1.93 bits per heavy atom. The van der Waals surface area contributed by atoms with E-state index in [2.05, 4.69) is 10.5 Å². The fraction of sp³-hybridized carbons (Fsp3) is 0.190. The highest BCUT2D eigenvalue weighted by Crippen LogP contribution is 2.31. The number of hydrogen-bond acceptors (Lipinski definition) is 4. The predicted molar refractivity (Wildman–Crippen MR) is 108 cm³/mol. The fourth-order valence-corrected chi connectivity index (χ4v) is 3.54. The number of halogens is 1. The number of anilines is 2. The second kappa shape index (κ2) is 7.48. The first-order chi connectivity index (χ1) is 13.5. The molecule has 0 spiro atoms. The van der Waals surface area contributed by atoms with Crippen molar-refractivity contribution in [3.05, 3.63) is 64.9 Å². The first-order valence-corrected chi connectivity index (χ1v) is 9.35. The van der Waals surface area contributed by atoms with Crippen molar-refractivity contribution in [2.75, 3.05) is 16.8 Å². The van der Waals surface area contributed by atoms with Gasteiger partial charge >= 0.3 is 0 Å². The number of amides is 2. The minimum atomic E-state index is -0.335. The molecule has 3 aromatic rings. The zero-order valence-corrected chi connectivity index (χ0v) is 16.0. The summed E-state index contributed by atoms with van der Waals surface area (Å²) in [5, 5.41) is 7.37. The van der Waals surface area contributed by atoms with Crippen LogP contribution in [0.3, 0.4) is 0 Å². The Kier molecular flexibility index (Phi) is 4.88. The second-order valence-electron chi connectivity index (χ2n) is 6.59. The molecule has 7 heteroatoms. The van der Waals surface area contributed by atoms with Crippen LogP contribution >= 0.6 is 11.6 Å². The molecule has 0 bridgehead atoms. The molecule has 2 amide bonds. The van der Waals surface area contributed by atoms with Crippen molar-refractivity contribution in [3.8, 4) is 11.3 Å². The van der Waals surface area contributed by atoms with Crippen LogP contribution in [0.5, 0.6) is 0 Å². The Balaban J connectivity index is 1.57. The van der Waals surface area contributed by atoms with E-state index in [1.54, 1.807) is 36.1 Å². The summed E-state index contributed by atoms with van der Waals surface area (Å²) in [5.41, 5.74) is 2.82. The topological polar surface area (TPSA) is 75.4 Å². The normalized spacial score (nSPS) is 13.8. The molecule has 0 atom stereocenters. The van der Waals surface area contributed by atoms with Crippen LogP contribution in [0, 0.1) is 6.92 Å². The molecule has 0 radical (unpaired) electrons. The van der Waals surface area contributed by atoms with E-state index in [-0.39, 0.29) is 11.8 Å². The van der Waals surface area contributed by atoms with Gasteiger partial charge < -0.3 is 14.7 Å². The quantitative estimate of drug-likeness (QED) is 0.695. The van der Waals surface area contributed by atoms with Gasteiger partial charge in [-0.05, 0) is 43.7 Å². The lowest BCUT2D eigenvalue weighted by molar-refractivity contribution is -0.117. The highest BCUT2D eigenvalue weighted by molar-refractivity contribution is 6.33. The van der Waals surface area contributed by atoms with Crippen molar-refractivity contribution in [3.63, 3.8) is 0 Å². The number of aryl methyl sites for hydroxylation is 1. The second-order valence-corrected chi connectivity index (χ2v) is 7.00. The van der Waals surface area contributed by atoms with Gasteiger partial charge in [0.1, 0.15) is 17.0 Å². The van der Waals surface area contributed by atoms with Crippen molar-refractivity contribution < 1.29 is 14.1 Å². The molecule has 0 saturated carbocycles. The van der Waals surface area contributed by atoms with Gasteiger partial charge in [-0.3, -0.25) is 9.59 Å². The third-order valence-electron chi connectivity index (χ3n) is 4.73. The predicted octanol–water partition coefficient (Wildman–Crippen LogP) is 4.68. The van der Waals surface area contributed by atoms with Gasteiger partial charge in [0.2, 0.25) is 5.91 Å². The molecule has 1 N–H and O–H groups in total. The smallest absolute Gasteiger partial charge is 0.261 e. The lowest BCUT2D eigenvalue weighted by Gasteiger charge is -2.16. The summed E-state index contributed by atoms with van der Waals surface area (Å²) in [6.45, 7) is 2.41. The maximum absolute atomic E-state index is 12.9. The average molecular weight is 396 g/mol. The highest BCUT2D eigenvalue weighted by atomic mass is 35.5. The maximum Gasteiger partial charge on any atom is 0.261 e. The van der Waals surface area contributed by atoms with Crippen molar-refractivity contribution in [2.45, 2.75) is 19.8 Å². The van der Waals surface area contributed by atoms with Crippen LogP contribution in [-0.2, 0) is 4.79 Å². The molecule has 6 nitrogen and oxygen atoms in total. The monoisotopic (exact) mass is 395 g/mol. The van der Waals surface area contributed by atoms with Crippen molar-refractivity contribution in [1.29, 1.82) is 0 Å². The summed E-state index contributed by atoms with van der Waals surface area (Å²) < 4.78 is 5.25. The van der Waals surface area contributed by atoms with Gasteiger partial charge in [0, 0.05) is 29.9 Å². The number of aromatic nitrogens is 1. The van der Waals surface area contributed by atoms with E-state index in [1.165, 1.54) is 0 Å². The Labute approximate surface area is 167 Å². The minimum Gasteiger partial charge on any atom is -0.360 e. The van der Waals surface area contributed by atoms with Crippen LogP contribution < -0.4 is 10.2 Å². The molecule has 1 fully saturated rings. The van der Waals surface area contributed by atoms with Crippen molar-refractivity contribution in [1.82, 2.24) is 5.16 Å². The summed E-state index contributed by atoms with van der Waals surface area (Å²) in [4.78, 5) is 26.5. The van der Waals surface area contributed by atoms with E-state index in [9.17, 15) is 9.59 Å².